The molecule has 0 aliphatic rings. The molecule has 62 valence electrons. The summed E-state index contributed by atoms with van der Waals surface area (Å²) in [6, 6.07) is 0. The van der Waals surface area contributed by atoms with E-state index in [9.17, 15) is 0 Å². The van der Waals surface area contributed by atoms with Crippen LogP contribution in [0.1, 0.15) is 38.9 Å². The van der Waals surface area contributed by atoms with E-state index in [1.807, 2.05) is 4.68 Å². The highest BCUT2D eigenvalue weighted by Gasteiger charge is 2.06. The summed E-state index contributed by atoms with van der Waals surface area (Å²) in [6.45, 7) is 7.39. The van der Waals surface area contributed by atoms with Crippen molar-refractivity contribution in [2.45, 2.75) is 39.7 Å². The van der Waals surface area contributed by atoms with E-state index in [0.29, 0.717) is 5.92 Å². The Hall–Kier alpha value is -0.860. The summed E-state index contributed by atoms with van der Waals surface area (Å²) < 4.78 is 1.98. The van der Waals surface area contributed by atoms with Gasteiger partial charge in [0, 0.05) is 12.5 Å². The molecular weight excluding hydrogens is 138 g/mol. The van der Waals surface area contributed by atoms with Gasteiger partial charge in [-0.15, -0.1) is 0 Å². The predicted molar refractivity (Wildman–Crippen MR) is 44.4 cm³/mol. The van der Waals surface area contributed by atoms with Crippen molar-refractivity contribution < 1.29 is 0 Å². The fourth-order valence-electron chi connectivity index (χ4n) is 1.10. The molecule has 3 heteroatoms. The second-order valence-electron chi connectivity index (χ2n) is 3.00. The highest BCUT2D eigenvalue weighted by atomic mass is 15.3. The van der Waals surface area contributed by atoms with Crippen LogP contribution < -0.4 is 0 Å². The molecule has 0 amide bonds. The van der Waals surface area contributed by atoms with Crippen LogP contribution in [0.15, 0.2) is 6.33 Å². The lowest BCUT2D eigenvalue weighted by Gasteiger charge is -2.05. The third-order valence-electron chi connectivity index (χ3n) is 1.60. The van der Waals surface area contributed by atoms with Gasteiger partial charge in [0.2, 0.25) is 0 Å². The molecule has 0 saturated carbocycles. The van der Waals surface area contributed by atoms with Gasteiger partial charge in [-0.25, -0.2) is 9.67 Å². The Morgan fingerprint density at radius 3 is 2.82 bits per heavy atom. The predicted octanol–water partition coefficient (Wildman–Crippen LogP) is 1.81. The molecule has 1 aromatic heterocycles. The van der Waals surface area contributed by atoms with Crippen LogP contribution in [0, 0.1) is 0 Å². The van der Waals surface area contributed by atoms with Crippen LogP contribution in [0.25, 0.3) is 0 Å². The van der Waals surface area contributed by atoms with Crippen molar-refractivity contribution in [2.24, 2.45) is 0 Å². The molecule has 0 saturated heterocycles. The minimum atomic E-state index is 0.476. The first-order chi connectivity index (χ1) is 5.25. The zero-order valence-corrected chi connectivity index (χ0v) is 7.41. The van der Waals surface area contributed by atoms with Crippen LogP contribution >= 0.6 is 0 Å². The van der Waals surface area contributed by atoms with Crippen LogP contribution in [0.3, 0.4) is 0 Å². The summed E-state index contributed by atoms with van der Waals surface area (Å²) in [5.74, 6) is 1.57. The quantitative estimate of drug-likeness (QED) is 0.663. The van der Waals surface area contributed by atoms with Crippen LogP contribution in [0.4, 0.5) is 0 Å². The molecule has 0 unspecified atom stereocenters. The fraction of sp³-hybridized carbons (Fsp3) is 0.750. The first kappa shape index (κ1) is 8.24. The van der Waals surface area contributed by atoms with Gasteiger partial charge in [-0.1, -0.05) is 20.8 Å². The van der Waals surface area contributed by atoms with E-state index in [2.05, 4.69) is 30.9 Å². The minimum absolute atomic E-state index is 0.476. The van der Waals surface area contributed by atoms with Crippen molar-refractivity contribution in [3.8, 4) is 0 Å². The monoisotopic (exact) mass is 153 g/mol. The van der Waals surface area contributed by atoms with Gasteiger partial charge in [0.15, 0.2) is 0 Å². The average molecular weight is 153 g/mol. The van der Waals surface area contributed by atoms with E-state index >= 15 is 0 Å². The van der Waals surface area contributed by atoms with Gasteiger partial charge in [-0.05, 0) is 6.42 Å². The normalized spacial score (nSPS) is 10.9. The van der Waals surface area contributed by atoms with Crippen molar-refractivity contribution in [1.29, 1.82) is 0 Å². The second-order valence-corrected chi connectivity index (χ2v) is 3.00. The maximum absolute atomic E-state index is 4.19. The van der Waals surface area contributed by atoms with Gasteiger partial charge in [-0.2, -0.15) is 5.10 Å². The molecular formula is C8H15N3. The third-order valence-corrected chi connectivity index (χ3v) is 1.60. The van der Waals surface area contributed by atoms with Crippen molar-refractivity contribution in [2.75, 3.05) is 0 Å². The van der Waals surface area contributed by atoms with Crippen molar-refractivity contribution in [3.63, 3.8) is 0 Å². The fourth-order valence-corrected chi connectivity index (χ4v) is 1.10. The molecule has 3 nitrogen and oxygen atoms in total. The number of rotatable bonds is 3. The van der Waals surface area contributed by atoms with Gasteiger partial charge in [0.05, 0.1) is 0 Å². The molecule has 0 bridgehead atoms. The lowest BCUT2D eigenvalue weighted by Crippen LogP contribution is -2.06. The van der Waals surface area contributed by atoms with Gasteiger partial charge in [-0.3, -0.25) is 0 Å². The molecule has 0 aliphatic heterocycles. The van der Waals surface area contributed by atoms with Gasteiger partial charge in [0.25, 0.3) is 0 Å². The Kier molecular flexibility index (Phi) is 2.63. The minimum Gasteiger partial charge on any atom is -0.250 e. The lowest BCUT2D eigenvalue weighted by molar-refractivity contribution is 0.551. The molecule has 0 N–H and O–H groups in total. The topological polar surface area (TPSA) is 30.7 Å². The first-order valence-electron chi connectivity index (χ1n) is 4.13. The van der Waals surface area contributed by atoms with Gasteiger partial charge < -0.3 is 0 Å². The molecule has 0 radical (unpaired) electrons. The number of aromatic nitrogens is 3. The van der Waals surface area contributed by atoms with E-state index < -0.39 is 0 Å². The maximum Gasteiger partial charge on any atom is 0.138 e. The third kappa shape index (κ3) is 1.79. The number of nitrogens with zero attached hydrogens (tertiary/aromatic N) is 3. The Balaban J connectivity index is 2.78. The van der Waals surface area contributed by atoms with Crippen LogP contribution in [-0.2, 0) is 6.54 Å². The molecule has 1 heterocycles. The average Bonchev–Trinajstić information content (AvgIpc) is 2.36. The van der Waals surface area contributed by atoms with Crippen molar-refractivity contribution in [3.05, 3.63) is 12.2 Å². The molecule has 0 aromatic carbocycles. The first-order valence-corrected chi connectivity index (χ1v) is 4.13. The standard InChI is InChI=1S/C8H15N3/c1-4-5-11-8(7(2)3)9-6-10-11/h6-7H,4-5H2,1-3H3. The summed E-state index contributed by atoms with van der Waals surface area (Å²) in [7, 11) is 0. The van der Waals surface area contributed by atoms with Gasteiger partial charge in [0.1, 0.15) is 12.2 Å². The van der Waals surface area contributed by atoms with Crippen molar-refractivity contribution in [1.82, 2.24) is 14.8 Å². The summed E-state index contributed by atoms with van der Waals surface area (Å²) in [5, 5.41) is 4.13. The van der Waals surface area contributed by atoms with Gasteiger partial charge >= 0.3 is 0 Å². The van der Waals surface area contributed by atoms with E-state index in [-0.39, 0.29) is 0 Å². The number of aryl methyl sites for hydroxylation is 1. The Morgan fingerprint density at radius 2 is 2.27 bits per heavy atom. The van der Waals surface area contributed by atoms with Crippen molar-refractivity contribution >= 4 is 0 Å². The zero-order valence-electron chi connectivity index (χ0n) is 7.41. The second kappa shape index (κ2) is 3.51. The maximum atomic E-state index is 4.19. The van der Waals surface area contributed by atoms with E-state index in [0.717, 1.165) is 18.8 Å². The van der Waals surface area contributed by atoms with Crippen LogP contribution in [-0.4, -0.2) is 14.8 Å². The molecule has 11 heavy (non-hydrogen) atoms. The largest absolute Gasteiger partial charge is 0.250 e. The molecule has 1 aromatic rings. The molecule has 0 spiro atoms. The summed E-state index contributed by atoms with van der Waals surface area (Å²) >= 11 is 0. The van der Waals surface area contributed by atoms with Crippen LogP contribution in [0.5, 0.6) is 0 Å². The Bertz CT molecular complexity index is 215. The summed E-state index contributed by atoms with van der Waals surface area (Å²) in [6.07, 6.45) is 2.74. The molecule has 0 aliphatic carbocycles. The molecule has 0 atom stereocenters. The highest BCUT2D eigenvalue weighted by Crippen LogP contribution is 2.09. The lowest BCUT2D eigenvalue weighted by atomic mass is 10.2. The van der Waals surface area contributed by atoms with Crippen LogP contribution in [0.2, 0.25) is 0 Å². The SMILES string of the molecule is CCCn1ncnc1C(C)C. The smallest absolute Gasteiger partial charge is 0.138 e. The van der Waals surface area contributed by atoms with E-state index in [4.69, 9.17) is 0 Å². The molecule has 1 rings (SSSR count). The summed E-state index contributed by atoms with van der Waals surface area (Å²) in [4.78, 5) is 4.19. The number of hydrogen-bond donors (Lipinski definition) is 0. The molecule has 0 fully saturated rings. The highest BCUT2D eigenvalue weighted by molar-refractivity contribution is 4.90. The Morgan fingerprint density at radius 1 is 1.55 bits per heavy atom. The Labute approximate surface area is 67.4 Å². The number of hydrogen-bond acceptors (Lipinski definition) is 2. The van der Waals surface area contributed by atoms with E-state index in [1.54, 1.807) is 6.33 Å². The summed E-state index contributed by atoms with van der Waals surface area (Å²) in [5.41, 5.74) is 0. The zero-order chi connectivity index (χ0) is 8.27. The van der Waals surface area contributed by atoms with E-state index in [1.165, 1.54) is 0 Å².